The molecule has 1 fully saturated rings. The second-order valence-electron chi connectivity index (χ2n) is 5.94. The lowest BCUT2D eigenvalue weighted by molar-refractivity contribution is 0.118. The van der Waals surface area contributed by atoms with E-state index in [9.17, 15) is 4.79 Å². The molecule has 2 heterocycles. The maximum absolute atomic E-state index is 12.3. The molecule has 1 N–H and O–H groups in total. The third-order valence-corrected chi connectivity index (χ3v) is 4.31. The molecule has 5 heteroatoms. The summed E-state index contributed by atoms with van der Waals surface area (Å²) in [7, 11) is 1.81. The van der Waals surface area contributed by atoms with Gasteiger partial charge < -0.3 is 15.0 Å². The average molecular weight is 303 g/mol. The normalized spacial score (nSPS) is 22.1. The van der Waals surface area contributed by atoms with Gasteiger partial charge in [-0.05, 0) is 38.0 Å². The van der Waals surface area contributed by atoms with Crippen molar-refractivity contribution in [3.8, 4) is 0 Å². The fourth-order valence-corrected chi connectivity index (χ4v) is 2.77. The van der Waals surface area contributed by atoms with Gasteiger partial charge in [0.2, 0.25) is 0 Å². The number of rotatable bonds is 5. The summed E-state index contributed by atoms with van der Waals surface area (Å²) in [5, 5.41) is 3.01. The Morgan fingerprint density at radius 3 is 2.86 bits per heavy atom. The molecule has 1 aliphatic heterocycles. The molecule has 0 radical (unpaired) electrons. The Bertz CT molecular complexity index is 518. The number of carbonyl (C=O) groups excluding carboxylic acids is 1. The van der Waals surface area contributed by atoms with Gasteiger partial charge in [-0.25, -0.2) is 4.79 Å². The molecule has 5 nitrogen and oxygen atoms in total. The number of ether oxygens (including phenoxy) is 1. The lowest BCUT2D eigenvalue weighted by atomic mass is 9.97. The number of carbonyl (C=O) groups is 1. The molecular formula is C17H25N3O2. The third kappa shape index (κ3) is 3.85. The van der Waals surface area contributed by atoms with E-state index in [4.69, 9.17) is 4.74 Å². The van der Waals surface area contributed by atoms with Gasteiger partial charge in [0.15, 0.2) is 0 Å². The molecule has 0 saturated carbocycles. The van der Waals surface area contributed by atoms with Gasteiger partial charge in [-0.15, -0.1) is 0 Å². The van der Waals surface area contributed by atoms with E-state index >= 15 is 0 Å². The van der Waals surface area contributed by atoms with Gasteiger partial charge in [-0.3, -0.25) is 4.98 Å². The quantitative estimate of drug-likeness (QED) is 0.851. The van der Waals surface area contributed by atoms with Crippen LogP contribution in [0.1, 0.15) is 31.9 Å². The molecule has 1 aromatic rings. The zero-order valence-corrected chi connectivity index (χ0v) is 13.6. The van der Waals surface area contributed by atoms with Crippen LogP contribution < -0.4 is 5.32 Å². The van der Waals surface area contributed by atoms with E-state index in [2.05, 4.69) is 16.9 Å². The van der Waals surface area contributed by atoms with Crippen LogP contribution in [0.4, 0.5) is 4.79 Å². The Morgan fingerprint density at radius 1 is 1.55 bits per heavy atom. The summed E-state index contributed by atoms with van der Waals surface area (Å²) in [6.07, 6.45) is 4.50. The van der Waals surface area contributed by atoms with Gasteiger partial charge in [0.05, 0.1) is 12.1 Å². The predicted molar refractivity (Wildman–Crippen MR) is 86.5 cm³/mol. The van der Waals surface area contributed by atoms with E-state index in [1.54, 1.807) is 17.3 Å². The van der Waals surface area contributed by atoms with Crippen molar-refractivity contribution < 1.29 is 9.53 Å². The summed E-state index contributed by atoms with van der Waals surface area (Å²) < 4.78 is 5.67. The van der Waals surface area contributed by atoms with Crippen molar-refractivity contribution in [2.24, 2.45) is 5.92 Å². The molecule has 1 saturated heterocycles. The molecule has 2 amide bonds. The first-order chi connectivity index (χ1) is 10.5. The third-order valence-electron chi connectivity index (χ3n) is 4.31. The maximum atomic E-state index is 12.3. The molecule has 2 rings (SSSR count). The van der Waals surface area contributed by atoms with Gasteiger partial charge >= 0.3 is 6.03 Å². The number of nitrogens with one attached hydrogen (secondary N) is 1. The summed E-state index contributed by atoms with van der Waals surface area (Å²) in [6, 6.07) is 3.78. The Hall–Kier alpha value is -1.88. The van der Waals surface area contributed by atoms with E-state index in [1.807, 2.05) is 33.0 Å². The summed E-state index contributed by atoms with van der Waals surface area (Å²) in [4.78, 5) is 18.0. The van der Waals surface area contributed by atoms with Crippen LogP contribution in [0.5, 0.6) is 0 Å². The molecule has 120 valence electrons. The first kappa shape index (κ1) is 16.5. The minimum atomic E-state index is -0.0725. The monoisotopic (exact) mass is 303 g/mol. The summed E-state index contributed by atoms with van der Waals surface area (Å²) >= 11 is 0. The van der Waals surface area contributed by atoms with Crippen molar-refractivity contribution in [1.29, 1.82) is 0 Å². The smallest absolute Gasteiger partial charge is 0.317 e. The van der Waals surface area contributed by atoms with Gasteiger partial charge in [0, 0.05) is 38.5 Å². The predicted octanol–water partition coefficient (Wildman–Crippen LogP) is 2.77. The number of amides is 2. The second kappa shape index (κ2) is 7.40. The Balaban J connectivity index is 1.88. The Labute approximate surface area is 132 Å². The van der Waals surface area contributed by atoms with E-state index in [0.717, 1.165) is 24.2 Å². The molecule has 3 atom stereocenters. The first-order valence-electron chi connectivity index (χ1n) is 7.68. The molecule has 22 heavy (non-hydrogen) atoms. The highest BCUT2D eigenvalue weighted by Crippen LogP contribution is 2.25. The molecule has 1 aromatic heterocycles. The van der Waals surface area contributed by atoms with Crippen molar-refractivity contribution >= 4 is 6.03 Å². The second-order valence-corrected chi connectivity index (χ2v) is 5.94. The zero-order valence-electron chi connectivity index (χ0n) is 13.6. The van der Waals surface area contributed by atoms with Crippen LogP contribution in [0, 0.1) is 5.92 Å². The number of hydrogen-bond donors (Lipinski definition) is 1. The van der Waals surface area contributed by atoms with Crippen LogP contribution in [0.3, 0.4) is 0 Å². The highest BCUT2D eigenvalue weighted by Gasteiger charge is 2.29. The average Bonchev–Trinajstić information content (AvgIpc) is 3.00. The van der Waals surface area contributed by atoms with Crippen molar-refractivity contribution in [3.05, 3.63) is 42.2 Å². The van der Waals surface area contributed by atoms with Crippen LogP contribution in [0.2, 0.25) is 0 Å². The fourth-order valence-electron chi connectivity index (χ4n) is 2.77. The van der Waals surface area contributed by atoms with Crippen molar-refractivity contribution in [3.63, 3.8) is 0 Å². The number of nitrogens with zero attached hydrogens (tertiary/aromatic N) is 2. The molecule has 3 unspecified atom stereocenters. The largest absolute Gasteiger partial charge is 0.374 e. The van der Waals surface area contributed by atoms with E-state index in [0.29, 0.717) is 12.5 Å². The van der Waals surface area contributed by atoms with Crippen LogP contribution in [-0.2, 0) is 4.74 Å². The van der Waals surface area contributed by atoms with Gasteiger partial charge in [0.1, 0.15) is 0 Å². The molecule has 0 aromatic carbocycles. The topological polar surface area (TPSA) is 54.5 Å². The van der Waals surface area contributed by atoms with Crippen molar-refractivity contribution in [2.75, 3.05) is 20.2 Å². The van der Waals surface area contributed by atoms with E-state index < -0.39 is 0 Å². The lowest BCUT2D eigenvalue weighted by Gasteiger charge is -2.27. The zero-order chi connectivity index (χ0) is 16.1. The van der Waals surface area contributed by atoms with Gasteiger partial charge in [0.25, 0.3) is 0 Å². The van der Waals surface area contributed by atoms with Crippen LogP contribution in [0.25, 0.3) is 0 Å². The van der Waals surface area contributed by atoms with Crippen molar-refractivity contribution in [1.82, 2.24) is 15.2 Å². The minimum absolute atomic E-state index is 0.000217. The SMILES string of the molecule is C=C(C)C1OCCC1CNC(=O)N(C)C(C)c1ccncc1. The van der Waals surface area contributed by atoms with E-state index in [1.165, 1.54) is 0 Å². The molecule has 0 spiro atoms. The van der Waals surface area contributed by atoms with Crippen molar-refractivity contribution in [2.45, 2.75) is 32.4 Å². The Kier molecular flexibility index (Phi) is 5.55. The first-order valence-corrected chi connectivity index (χ1v) is 7.68. The van der Waals surface area contributed by atoms with Crippen LogP contribution >= 0.6 is 0 Å². The molecular weight excluding hydrogens is 278 g/mol. The van der Waals surface area contributed by atoms with Crippen LogP contribution in [-0.4, -0.2) is 42.2 Å². The van der Waals surface area contributed by atoms with Gasteiger partial charge in [-0.1, -0.05) is 12.2 Å². The standard InChI is InChI=1S/C17H25N3O2/c1-12(2)16-15(7-10-22-16)11-19-17(21)20(4)13(3)14-5-8-18-9-6-14/h5-6,8-9,13,15-16H,1,7,10-11H2,2-4H3,(H,19,21). The summed E-state index contributed by atoms with van der Waals surface area (Å²) in [6.45, 7) is 9.29. The summed E-state index contributed by atoms with van der Waals surface area (Å²) in [5.74, 6) is 0.311. The number of urea groups is 1. The minimum Gasteiger partial charge on any atom is -0.374 e. The number of pyridine rings is 1. The lowest BCUT2D eigenvalue weighted by Crippen LogP contribution is -2.42. The number of hydrogen-bond acceptors (Lipinski definition) is 3. The van der Waals surface area contributed by atoms with E-state index in [-0.39, 0.29) is 18.2 Å². The number of aromatic nitrogens is 1. The highest BCUT2D eigenvalue weighted by molar-refractivity contribution is 5.74. The molecule has 0 aliphatic carbocycles. The van der Waals surface area contributed by atoms with Crippen LogP contribution in [0.15, 0.2) is 36.7 Å². The maximum Gasteiger partial charge on any atom is 0.317 e. The molecule has 1 aliphatic rings. The summed E-state index contributed by atoms with van der Waals surface area (Å²) in [5.41, 5.74) is 2.09. The van der Waals surface area contributed by atoms with Gasteiger partial charge in [-0.2, -0.15) is 0 Å². The molecule has 0 bridgehead atoms. The Morgan fingerprint density at radius 2 is 2.23 bits per heavy atom. The highest BCUT2D eigenvalue weighted by atomic mass is 16.5. The fraction of sp³-hybridized carbons (Fsp3) is 0.529.